The van der Waals surface area contributed by atoms with Gasteiger partial charge in [0.1, 0.15) is 6.61 Å². The van der Waals surface area contributed by atoms with Gasteiger partial charge in [0.25, 0.3) is 10.2 Å². The second-order valence-electron chi connectivity index (χ2n) is 6.05. The van der Waals surface area contributed by atoms with E-state index in [-0.39, 0.29) is 12.7 Å². The van der Waals surface area contributed by atoms with Gasteiger partial charge < -0.3 is 9.26 Å². The minimum atomic E-state index is -3.38. The molecule has 2 aliphatic rings. The molecule has 0 aromatic carbocycles. The molecule has 8 nitrogen and oxygen atoms in total. The van der Waals surface area contributed by atoms with Gasteiger partial charge in [-0.1, -0.05) is 5.16 Å². The van der Waals surface area contributed by atoms with Crippen molar-refractivity contribution in [1.29, 1.82) is 0 Å². The molecule has 1 aromatic heterocycles. The van der Waals surface area contributed by atoms with Crippen LogP contribution in [0.2, 0.25) is 0 Å². The van der Waals surface area contributed by atoms with Crippen LogP contribution in [0, 0.1) is 0 Å². The molecule has 1 saturated heterocycles. The van der Waals surface area contributed by atoms with Crippen LogP contribution in [0.1, 0.15) is 43.3 Å². The molecular weight excluding hydrogens is 308 g/mol. The molecule has 1 atom stereocenters. The summed E-state index contributed by atoms with van der Waals surface area (Å²) in [6, 6.07) is 0. The van der Waals surface area contributed by atoms with E-state index in [0.29, 0.717) is 30.7 Å². The van der Waals surface area contributed by atoms with E-state index in [0.717, 1.165) is 25.7 Å². The molecular formula is C13H22N4O4S. The number of hydrogen-bond donors (Lipinski definition) is 0. The summed E-state index contributed by atoms with van der Waals surface area (Å²) < 4.78 is 38.0. The molecule has 3 rings (SSSR count). The lowest BCUT2D eigenvalue weighted by Gasteiger charge is -2.33. The van der Waals surface area contributed by atoms with Crippen molar-refractivity contribution >= 4 is 10.2 Å². The molecule has 0 bridgehead atoms. The predicted molar refractivity (Wildman–Crippen MR) is 78.3 cm³/mol. The minimum Gasteiger partial charge on any atom is -0.369 e. The van der Waals surface area contributed by atoms with Crippen molar-refractivity contribution in [2.24, 2.45) is 0 Å². The zero-order chi connectivity index (χ0) is 15.7. The van der Waals surface area contributed by atoms with Gasteiger partial charge in [0, 0.05) is 33.1 Å². The largest absolute Gasteiger partial charge is 0.369 e. The van der Waals surface area contributed by atoms with Gasteiger partial charge in [-0.2, -0.15) is 22.0 Å². The van der Waals surface area contributed by atoms with Gasteiger partial charge in [-0.05, 0) is 25.7 Å². The summed E-state index contributed by atoms with van der Waals surface area (Å²) in [6.45, 7) is 1.17. The fraction of sp³-hybridized carbons (Fsp3) is 0.846. The quantitative estimate of drug-likeness (QED) is 0.764. The molecule has 1 aromatic rings. The average Bonchev–Trinajstić information content (AvgIpc) is 3.24. The topological polar surface area (TPSA) is 88.8 Å². The van der Waals surface area contributed by atoms with Crippen molar-refractivity contribution in [3.05, 3.63) is 11.7 Å². The first-order valence-electron chi connectivity index (χ1n) is 7.58. The van der Waals surface area contributed by atoms with Crippen molar-refractivity contribution < 1.29 is 17.7 Å². The van der Waals surface area contributed by atoms with E-state index >= 15 is 0 Å². The van der Waals surface area contributed by atoms with Gasteiger partial charge in [-0.15, -0.1) is 0 Å². The van der Waals surface area contributed by atoms with Gasteiger partial charge >= 0.3 is 0 Å². The molecule has 0 N–H and O–H groups in total. The molecule has 9 heteroatoms. The Morgan fingerprint density at radius 1 is 1.36 bits per heavy atom. The lowest BCUT2D eigenvalue weighted by Crippen LogP contribution is -2.47. The summed E-state index contributed by atoms with van der Waals surface area (Å²) in [5, 5.41) is 3.91. The van der Waals surface area contributed by atoms with Crippen molar-refractivity contribution in [2.45, 2.75) is 44.3 Å². The Morgan fingerprint density at radius 3 is 2.82 bits per heavy atom. The summed E-state index contributed by atoms with van der Waals surface area (Å²) >= 11 is 0. The van der Waals surface area contributed by atoms with Crippen LogP contribution in [-0.2, 0) is 21.6 Å². The third-order valence-electron chi connectivity index (χ3n) is 3.99. The van der Waals surface area contributed by atoms with Crippen LogP contribution < -0.4 is 0 Å². The zero-order valence-corrected chi connectivity index (χ0v) is 13.8. The summed E-state index contributed by atoms with van der Waals surface area (Å²) in [4.78, 5) is 4.31. The van der Waals surface area contributed by atoms with Crippen molar-refractivity contribution in [3.63, 3.8) is 0 Å². The summed E-state index contributed by atoms with van der Waals surface area (Å²) in [7, 11) is -0.297. The maximum Gasteiger partial charge on any atom is 0.281 e. The third-order valence-corrected chi connectivity index (χ3v) is 5.89. The average molecular weight is 330 g/mol. The van der Waals surface area contributed by atoms with Crippen LogP contribution in [0.15, 0.2) is 4.52 Å². The van der Waals surface area contributed by atoms with E-state index in [2.05, 4.69) is 10.1 Å². The monoisotopic (exact) mass is 330 g/mol. The molecule has 1 saturated carbocycles. The number of piperidine rings is 1. The van der Waals surface area contributed by atoms with Gasteiger partial charge in [-0.3, -0.25) is 0 Å². The highest BCUT2D eigenvalue weighted by molar-refractivity contribution is 7.86. The SMILES string of the molecule is CN(C)S(=O)(=O)N1CCCC(OCc2noc(C3CC3)n2)C1. The number of aromatic nitrogens is 2. The lowest BCUT2D eigenvalue weighted by molar-refractivity contribution is 0.00359. The van der Waals surface area contributed by atoms with Crippen molar-refractivity contribution in [3.8, 4) is 0 Å². The van der Waals surface area contributed by atoms with Crippen LogP contribution in [0.3, 0.4) is 0 Å². The lowest BCUT2D eigenvalue weighted by atomic mass is 10.1. The third kappa shape index (κ3) is 3.48. The summed E-state index contributed by atoms with van der Waals surface area (Å²) in [5.41, 5.74) is 0. The summed E-state index contributed by atoms with van der Waals surface area (Å²) in [6.07, 6.45) is 3.72. The molecule has 2 fully saturated rings. The molecule has 0 spiro atoms. The Kier molecular flexibility index (Phi) is 4.49. The van der Waals surface area contributed by atoms with Crippen molar-refractivity contribution in [2.75, 3.05) is 27.2 Å². The molecule has 0 amide bonds. The van der Waals surface area contributed by atoms with E-state index in [9.17, 15) is 8.42 Å². The van der Waals surface area contributed by atoms with Gasteiger partial charge in [0.15, 0.2) is 5.82 Å². The van der Waals surface area contributed by atoms with E-state index in [1.54, 1.807) is 14.1 Å². The van der Waals surface area contributed by atoms with Crippen LogP contribution >= 0.6 is 0 Å². The molecule has 1 unspecified atom stereocenters. The van der Waals surface area contributed by atoms with Gasteiger partial charge in [0.2, 0.25) is 5.89 Å². The van der Waals surface area contributed by atoms with Crippen LogP contribution in [0.5, 0.6) is 0 Å². The molecule has 124 valence electrons. The van der Waals surface area contributed by atoms with E-state index in [1.807, 2.05) is 0 Å². The Bertz CT molecular complexity index is 611. The Balaban J connectivity index is 1.53. The van der Waals surface area contributed by atoms with Crippen LogP contribution in [0.25, 0.3) is 0 Å². The highest BCUT2D eigenvalue weighted by Crippen LogP contribution is 2.38. The van der Waals surface area contributed by atoms with E-state index in [4.69, 9.17) is 9.26 Å². The first-order valence-corrected chi connectivity index (χ1v) is 8.98. The molecule has 1 aliphatic heterocycles. The first-order chi connectivity index (χ1) is 10.5. The first kappa shape index (κ1) is 15.9. The molecule has 22 heavy (non-hydrogen) atoms. The second kappa shape index (κ2) is 6.23. The zero-order valence-electron chi connectivity index (χ0n) is 12.9. The molecule has 2 heterocycles. The Hall–Kier alpha value is -1.03. The number of ether oxygens (including phenoxy) is 1. The smallest absolute Gasteiger partial charge is 0.281 e. The fourth-order valence-corrected chi connectivity index (χ4v) is 3.67. The number of rotatable bonds is 6. The number of nitrogens with zero attached hydrogens (tertiary/aromatic N) is 4. The summed E-state index contributed by atoms with van der Waals surface area (Å²) in [5.74, 6) is 1.66. The standard InChI is InChI=1S/C13H22N4O4S/c1-16(2)22(18,19)17-7-3-4-11(8-17)20-9-12-14-13(21-15-12)10-5-6-10/h10-11H,3-9H2,1-2H3. The highest BCUT2D eigenvalue weighted by Gasteiger charge is 2.32. The van der Waals surface area contributed by atoms with E-state index in [1.165, 1.54) is 8.61 Å². The van der Waals surface area contributed by atoms with Gasteiger partial charge in [0.05, 0.1) is 6.10 Å². The van der Waals surface area contributed by atoms with Crippen molar-refractivity contribution in [1.82, 2.24) is 18.8 Å². The highest BCUT2D eigenvalue weighted by atomic mass is 32.2. The Morgan fingerprint density at radius 2 is 2.14 bits per heavy atom. The molecule has 0 radical (unpaired) electrons. The minimum absolute atomic E-state index is 0.133. The van der Waals surface area contributed by atoms with Gasteiger partial charge in [-0.25, -0.2) is 0 Å². The normalized spacial score (nSPS) is 24.0. The maximum atomic E-state index is 12.1. The second-order valence-corrected chi connectivity index (χ2v) is 8.19. The molecule has 1 aliphatic carbocycles. The maximum absolute atomic E-state index is 12.1. The van der Waals surface area contributed by atoms with Crippen LogP contribution in [0.4, 0.5) is 0 Å². The number of hydrogen-bond acceptors (Lipinski definition) is 6. The van der Waals surface area contributed by atoms with E-state index < -0.39 is 10.2 Å². The fourth-order valence-electron chi connectivity index (χ4n) is 2.50. The Labute approximate surface area is 130 Å². The predicted octanol–water partition coefficient (Wildman–Crippen LogP) is 0.734. The van der Waals surface area contributed by atoms with Crippen LogP contribution in [-0.4, -0.2) is 60.5 Å².